The number of rotatable bonds is 5. The number of carbonyl (C=O) groups excluding carboxylic acids is 1. The Morgan fingerprint density at radius 3 is 3.00 bits per heavy atom. The molecule has 1 atom stereocenters. The van der Waals surface area contributed by atoms with Gasteiger partial charge in [0.15, 0.2) is 5.16 Å². The molecular formula is C17H16N4OS2. The van der Waals surface area contributed by atoms with Gasteiger partial charge in [0.05, 0.1) is 21.8 Å². The maximum atomic E-state index is 12.4. The van der Waals surface area contributed by atoms with Gasteiger partial charge in [-0.3, -0.25) is 4.79 Å². The Morgan fingerprint density at radius 1 is 1.46 bits per heavy atom. The van der Waals surface area contributed by atoms with Gasteiger partial charge < -0.3 is 9.88 Å². The number of imidazole rings is 1. The van der Waals surface area contributed by atoms with Gasteiger partial charge in [-0.25, -0.2) is 4.98 Å². The third kappa shape index (κ3) is 3.16. The zero-order valence-corrected chi connectivity index (χ0v) is 14.9. The van der Waals surface area contributed by atoms with Gasteiger partial charge in [0, 0.05) is 6.54 Å². The van der Waals surface area contributed by atoms with Gasteiger partial charge in [0.1, 0.15) is 11.1 Å². The number of nitrogens with one attached hydrogen (secondary N) is 1. The number of aromatic nitrogens is 2. The standard InChI is InChI=1S/C17H16N4OS2/c1-3-21-14-7-5-4-6-13(14)19-17(21)24-11(2)15(22)20-16-12(10-18)8-9-23-16/h4-9,11H,3H2,1-2H3,(H,20,22). The molecule has 0 bridgehead atoms. The molecule has 0 saturated heterocycles. The molecule has 1 unspecified atom stereocenters. The highest BCUT2D eigenvalue weighted by molar-refractivity contribution is 8.00. The number of carbonyl (C=O) groups is 1. The molecule has 5 nitrogen and oxygen atoms in total. The van der Waals surface area contributed by atoms with E-state index in [4.69, 9.17) is 5.26 Å². The van der Waals surface area contributed by atoms with E-state index in [0.717, 1.165) is 22.7 Å². The minimum atomic E-state index is -0.319. The molecule has 2 aromatic heterocycles. The van der Waals surface area contributed by atoms with Crippen molar-refractivity contribution in [3.8, 4) is 6.07 Å². The number of para-hydroxylation sites is 2. The van der Waals surface area contributed by atoms with E-state index in [1.165, 1.54) is 23.1 Å². The molecule has 0 aliphatic carbocycles. The molecule has 0 fully saturated rings. The molecule has 0 saturated carbocycles. The number of benzene rings is 1. The summed E-state index contributed by atoms with van der Waals surface area (Å²) in [6.45, 7) is 4.70. The van der Waals surface area contributed by atoms with Crippen LogP contribution in [-0.4, -0.2) is 20.7 Å². The summed E-state index contributed by atoms with van der Waals surface area (Å²) >= 11 is 2.78. The number of fused-ring (bicyclic) bond motifs is 1. The normalized spacial score (nSPS) is 12.0. The lowest BCUT2D eigenvalue weighted by molar-refractivity contribution is -0.115. The third-order valence-corrected chi connectivity index (χ3v) is 5.53. The number of nitrogens with zero attached hydrogens (tertiary/aromatic N) is 3. The number of hydrogen-bond acceptors (Lipinski definition) is 5. The minimum Gasteiger partial charge on any atom is -0.319 e. The molecule has 1 aromatic carbocycles. The van der Waals surface area contributed by atoms with Crippen LogP contribution in [0.1, 0.15) is 19.4 Å². The zero-order chi connectivity index (χ0) is 17.1. The summed E-state index contributed by atoms with van der Waals surface area (Å²) in [5.41, 5.74) is 2.49. The van der Waals surface area contributed by atoms with Crippen molar-refractivity contribution in [2.75, 3.05) is 5.32 Å². The van der Waals surface area contributed by atoms with Crippen LogP contribution in [-0.2, 0) is 11.3 Å². The molecule has 3 aromatic rings. The lowest BCUT2D eigenvalue weighted by Crippen LogP contribution is -2.22. The zero-order valence-electron chi connectivity index (χ0n) is 13.3. The quantitative estimate of drug-likeness (QED) is 0.699. The molecule has 0 radical (unpaired) electrons. The Morgan fingerprint density at radius 2 is 2.25 bits per heavy atom. The average Bonchev–Trinajstić information content (AvgIpc) is 3.17. The molecule has 0 spiro atoms. The van der Waals surface area contributed by atoms with E-state index in [2.05, 4.69) is 27.9 Å². The van der Waals surface area contributed by atoms with Crippen LogP contribution < -0.4 is 5.32 Å². The fourth-order valence-corrected chi connectivity index (χ4v) is 4.10. The number of aryl methyl sites for hydroxylation is 1. The second-order valence-corrected chi connectivity index (χ2v) is 7.38. The van der Waals surface area contributed by atoms with E-state index in [9.17, 15) is 4.79 Å². The lowest BCUT2D eigenvalue weighted by atomic mass is 10.3. The third-order valence-electron chi connectivity index (χ3n) is 3.61. The highest BCUT2D eigenvalue weighted by Gasteiger charge is 2.20. The van der Waals surface area contributed by atoms with Crippen LogP contribution in [0.25, 0.3) is 11.0 Å². The predicted octanol–water partition coefficient (Wildman–Crippen LogP) is 4.11. The average molecular weight is 356 g/mol. The van der Waals surface area contributed by atoms with Crippen LogP contribution in [0.5, 0.6) is 0 Å². The Kier molecular flexibility index (Phi) is 4.88. The molecule has 3 rings (SSSR count). The van der Waals surface area contributed by atoms with Crippen LogP contribution in [0.3, 0.4) is 0 Å². The first kappa shape index (κ1) is 16.6. The summed E-state index contributed by atoms with van der Waals surface area (Å²) in [6, 6.07) is 11.7. The molecule has 122 valence electrons. The number of thiophene rings is 1. The van der Waals surface area contributed by atoms with Crippen LogP contribution in [0, 0.1) is 11.3 Å². The maximum Gasteiger partial charge on any atom is 0.238 e. The number of nitriles is 1. The SMILES string of the molecule is CCn1c(SC(C)C(=O)Nc2sccc2C#N)nc2ccccc21. The Balaban J connectivity index is 1.78. The van der Waals surface area contributed by atoms with Crippen molar-refractivity contribution in [1.29, 1.82) is 5.26 Å². The minimum absolute atomic E-state index is 0.131. The van der Waals surface area contributed by atoms with Gasteiger partial charge in [-0.05, 0) is 37.4 Å². The first-order chi connectivity index (χ1) is 11.6. The summed E-state index contributed by atoms with van der Waals surface area (Å²) in [5.74, 6) is -0.131. The smallest absolute Gasteiger partial charge is 0.238 e. The number of hydrogen-bond donors (Lipinski definition) is 1. The Hall–Kier alpha value is -2.30. The van der Waals surface area contributed by atoms with Crippen molar-refractivity contribution >= 4 is 45.0 Å². The molecule has 1 amide bonds. The van der Waals surface area contributed by atoms with Crippen molar-refractivity contribution in [2.45, 2.75) is 30.8 Å². The van der Waals surface area contributed by atoms with E-state index in [1.807, 2.05) is 31.2 Å². The maximum absolute atomic E-state index is 12.4. The van der Waals surface area contributed by atoms with Crippen molar-refractivity contribution in [3.63, 3.8) is 0 Å². The predicted molar refractivity (Wildman–Crippen MR) is 98.4 cm³/mol. The number of anilines is 1. The molecule has 0 aliphatic rings. The second-order valence-electron chi connectivity index (χ2n) is 5.15. The summed E-state index contributed by atoms with van der Waals surface area (Å²) < 4.78 is 2.11. The van der Waals surface area contributed by atoms with Crippen molar-refractivity contribution in [2.24, 2.45) is 0 Å². The van der Waals surface area contributed by atoms with Crippen LogP contribution in [0.2, 0.25) is 0 Å². The van der Waals surface area contributed by atoms with Gasteiger partial charge in [-0.1, -0.05) is 23.9 Å². The largest absolute Gasteiger partial charge is 0.319 e. The van der Waals surface area contributed by atoms with E-state index >= 15 is 0 Å². The van der Waals surface area contributed by atoms with Crippen LogP contribution >= 0.6 is 23.1 Å². The van der Waals surface area contributed by atoms with Gasteiger partial charge >= 0.3 is 0 Å². The highest BCUT2D eigenvalue weighted by atomic mass is 32.2. The lowest BCUT2D eigenvalue weighted by Gasteiger charge is -2.12. The number of amides is 1. The van der Waals surface area contributed by atoms with Gasteiger partial charge in [-0.2, -0.15) is 5.26 Å². The van der Waals surface area contributed by atoms with Gasteiger partial charge in [0.25, 0.3) is 0 Å². The van der Waals surface area contributed by atoms with Crippen molar-refractivity contribution in [1.82, 2.24) is 9.55 Å². The van der Waals surface area contributed by atoms with Crippen molar-refractivity contribution < 1.29 is 4.79 Å². The Labute approximate surface area is 148 Å². The molecule has 1 N–H and O–H groups in total. The van der Waals surface area contributed by atoms with E-state index in [0.29, 0.717) is 10.6 Å². The van der Waals surface area contributed by atoms with Crippen molar-refractivity contribution in [3.05, 3.63) is 41.3 Å². The second kappa shape index (κ2) is 7.07. The van der Waals surface area contributed by atoms with Crippen LogP contribution in [0.4, 0.5) is 5.00 Å². The molecule has 0 aliphatic heterocycles. The first-order valence-electron chi connectivity index (χ1n) is 7.54. The molecule has 7 heteroatoms. The topological polar surface area (TPSA) is 70.7 Å². The summed E-state index contributed by atoms with van der Waals surface area (Å²) in [4.78, 5) is 17.1. The molecular weight excluding hydrogens is 340 g/mol. The highest BCUT2D eigenvalue weighted by Crippen LogP contribution is 2.29. The van der Waals surface area contributed by atoms with Crippen LogP contribution in [0.15, 0.2) is 40.9 Å². The fourth-order valence-electron chi connectivity index (χ4n) is 2.37. The summed E-state index contributed by atoms with van der Waals surface area (Å²) in [5, 5.41) is 14.8. The Bertz CT molecular complexity index is 922. The first-order valence-corrected chi connectivity index (χ1v) is 9.30. The molecule has 24 heavy (non-hydrogen) atoms. The van der Waals surface area contributed by atoms with E-state index in [1.54, 1.807) is 11.4 Å². The summed E-state index contributed by atoms with van der Waals surface area (Å²) in [7, 11) is 0. The number of thioether (sulfide) groups is 1. The van der Waals surface area contributed by atoms with Gasteiger partial charge in [0.2, 0.25) is 5.91 Å². The van der Waals surface area contributed by atoms with Gasteiger partial charge in [-0.15, -0.1) is 11.3 Å². The fraction of sp³-hybridized carbons (Fsp3) is 0.235. The summed E-state index contributed by atoms with van der Waals surface area (Å²) in [6.07, 6.45) is 0. The van der Waals surface area contributed by atoms with E-state index < -0.39 is 0 Å². The molecule has 2 heterocycles. The van der Waals surface area contributed by atoms with E-state index in [-0.39, 0.29) is 11.2 Å². The monoisotopic (exact) mass is 356 g/mol.